The molecule has 0 aromatic heterocycles. The number of allylic oxidation sites excluding steroid dienone is 2. The molecule has 1 N–H and O–H groups in total. The molecule has 0 aromatic carbocycles. The van der Waals surface area contributed by atoms with Gasteiger partial charge in [0.05, 0.1) is 6.26 Å². The van der Waals surface area contributed by atoms with E-state index >= 15 is 0 Å². The zero-order valence-corrected chi connectivity index (χ0v) is 12.2. The number of ether oxygens (including phenoxy) is 1. The fraction of sp³-hybridized carbons (Fsp3) is 0.625. The van der Waals surface area contributed by atoms with Gasteiger partial charge in [-0.3, -0.25) is 0 Å². The van der Waals surface area contributed by atoms with Gasteiger partial charge in [-0.25, -0.2) is 0 Å². The smallest absolute Gasteiger partial charge is 0.102 e. The maximum atomic E-state index is 5.19. The van der Waals surface area contributed by atoms with Gasteiger partial charge in [0.2, 0.25) is 0 Å². The lowest BCUT2D eigenvalue weighted by atomic mass is 9.78. The van der Waals surface area contributed by atoms with Crippen molar-refractivity contribution < 1.29 is 4.74 Å². The van der Waals surface area contributed by atoms with E-state index in [1.165, 1.54) is 6.26 Å². The number of hydrogen-bond donors (Lipinski definition) is 1. The fourth-order valence-corrected chi connectivity index (χ4v) is 2.49. The summed E-state index contributed by atoms with van der Waals surface area (Å²) in [6.45, 7) is 18.5. The molecule has 0 spiro atoms. The van der Waals surface area contributed by atoms with Crippen LogP contribution in [-0.2, 0) is 4.74 Å². The van der Waals surface area contributed by atoms with E-state index in [0.29, 0.717) is 18.7 Å². The molecule has 0 aliphatic carbocycles. The van der Waals surface area contributed by atoms with E-state index < -0.39 is 0 Å². The molecule has 0 aliphatic heterocycles. The number of hydrogen-bond acceptors (Lipinski definition) is 2. The summed E-state index contributed by atoms with van der Waals surface area (Å²) in [5, 5.41) is 3.55. The monoisotopic (exact) mass is 251 g/mol. The SMILES string of the molecule is C=CCC(C)(CC=C)CC(C)NC(C)COC=C. The Bertz CT molecular complexity index is 250. The van der Waals surface area contributed by atoms with E-state index in [1.54, 1.807) is 0 Å². The first kappa shape index (κ1) is 17.0. The topological polar surface area (TPSA) is 21.3 Å². The van der Waals surface area contributed by atoms with Crippen molar-refractivity contribution in [1.29, 1.82) is 0 Å². The molecule has 0 bridgehead atoms. The minimum atomic E-state index is 0.245. The highest BCUT2D eigenvalue weighted by atomic mass is 16.5. The van der Waals surface area contributed by atoms with Gasteiger partial charge in [-0.15, -0.1) is 13.2 Å². The minimum absolute atomic E-state index is 0.245. The van der Waals surface area contributed by atoms with Crippen molar-refractivity contribution in [2.45, 2.75) is 52.1 Å². The summed E-state index contributed by atoms with van der Waals surface area (Å²) in [6, 6.07) is 0.771. The lowest BCUT2D eigenvalue weighted by Gasteiger charge is -2.32. The van der Waals surface area contributed by atoms with Crippen molar-refractivity contribution in [3.05, 3.63) is 38.2 Å². The van der Waals surface area contributed by atoms with Gasteiger partial charge in [0.25, 0.3) is 0 Å². The Labute approximate surface area is 113 Å². The molecular weight excluding hydrogens is 222 g/mol. The number of rotatable bonds is 11. The van der Waals surface area contributed by atoms with Crippen LogP contribution in [0.4, 0.5) is 0 Å². The zero-order valence-electron chi connectivity index (χ0n) is 12.2. The Hall–Kier alpha value is -1.02. The van der Waals surface area contributed by atoms with Crippen LogP contribution < -0.4 is 5.32 Å². The average Bonchev–Trinajstić information content (AvgIpc) is 2.26. The van der Waals surface area contributed by atoms with Gasteiger partial charge in [0, 0.05) is 12.1 Å². The maximum Gasteiger partial charge on any atom is 0.102 e. The second kappa shape index (κ2) is 8.98. The van der Waals surface area contributed by atoms with Gasteiger partial charge in [-0.2, -0.15) is 0 Å². The third kappa shape index (κ3) is 7.33. The molecule has 0 aromatic rings. The first-order chi connectivity index (χ1) is 8.47. The Balaban J connectivity index is 4.23. The van der Waals surface area contributed by atoms with Crippen molar-refractivity contribution in [3.63, 3.8) is 0 Å². The standard InChI is InChI=1S/C16H29NO/c1-7-10-16(6,11-8-2)12-14(4)17-15(5)13-18-9-3/h7-9,14-15,17H,1-3,10-13H2,4-6H3. The first-order valence-corrected chi connectivity index (χ1v) is 6.67. The Kier molecular flexibility index (Phi) is 8.47. The maximum absolute atomic E-state index is 5.19. The minimum Gasteiger partial charge on any atom is -0.500 e. The molecule has 0 radical (unpaired) electrons. The highest BCUT2D eigenvalue weighted by Crippen LogP contribution is 2.32. The lowest BCUT2D eigenvalue weighted by molar-refractivity contribution is 0.194. The van der Waals surface area contributed by atoms with Gasteiger partial charge < -0.3 is 10.1 Å². The summed E-state index contributed by atoms with van der Waals surface area (Å²) >= 11 is 0. The van der Waals surface area contributed by atoms with Crippen LogP contribution in [0.3, 0.4) is 0 Å². The van der Waals surface area contributed by atoms with Crippen LogP contribution in [0.15, 0.2) is 38.2 Å². The molecule has 104 valence electrons. The molecule has 2 nitrogen and oxygen atoms in total. The second-order valence-corrected chi connectivity index (χ2v) is 5.47. The van der Waals surface area contributed by atoms with Crippen molar-refractivity contribution in [3.8, 4) is 0 Å². The van der Waals surface area contributed by atoms with Gasteiger partial charge in [0.15, 0.2) is 0 Å². The van der Waals surface area contributed by atoms with E-state index in [0.717, 1.165) is 19.3 Å². The Morgan fingerprint density at radius 1 is 1.11 bits per heavy atom. The lowest BCUT2D eigenvalue weighted by Crippen LogP contribution is -2.40. The highest BCUT2D eigenvalue weighted by Gasteiger charge is 2.24. The van der Waals surface area contributed by atoms with E-state index in [1.807, 2.05) is 12.2 Å². The molecule has 0 saturated heterocycles. The Morgan fingerprint density at radius 2 is 1.67 bits per heavy atom. The van der Waals surface area contributed by atoms with E-state index in [-0.39, 0.29) is 5.41 Å². The largest absolute Gasteiger partial charge is 0.500 e. The predicted octanol–water partition coefficient (Wildman–Crippen LogP) is 4.06. The highest BCUT2D eigenvalue weighted by molar-refractivity contribution is 4.91. The first-order valence-electron chi connectivity index (χ1n) is 6.67. The molecule has 18 heavy (non-hydrogen) atoms. The summed E-state index contributed by atoms with van der Waals surface area (Å²) < 4.78 is 5.19. The van der Waals surface area contributed by atoms with Gasteiger partial charge in [-0.05, 0) is 38.5 Å². The van der Waals surface area contributed by atoms with Crippen LogP contribution in [0.5, 0.6) is 0 Å². The quantitative estimate of drug-likeness (QED) is 0.441. The third-order valence-electron chi connectivity index (χ3n) is 3.11. The summed E-state index contributed by atoms with van der Waals surface area (Å²) in [5.41, 5.74) is 0.245. The molecule has 2 heteroatoms. The van der Waals surface area contributed by atoms with Crippen molar-refractivity contribution in [1.82, 2.24) is 5.32 Å². The van der Waals surface area contributed by atoms with Gasteiger partial charge in [0.1, 0.15) is 6.61 Å². The molecular formula is C16H29NO. The van der Waals surface area contributed by atoms with Gasteiger partial charge >= 0.3 is 0 Å². The van der Waals surface area contributed by atoms with Crippen LogP contribution >= 0.6 is 0 Å². The second-order valence-electron chi connectivity index (χ2n) is 5.47. The molecule has 0 saturated carbocycles. The van der Waals surface area contributed by atoms with E-state index in [4.69, 9.17) is 4.74 Å². The molecule has 2 atom stereocenters. The van der Waals surface area contributed by atoms with Crippen LogP contribution in [0, 0.1) is 5.41 Å². The summed E-state index contributed by atoms with van der Waals surface area (Å²) in [4.78, 5) is 0. The summed E-state index contributed by atoms with van der Waals surface area (Å²) in [5.74, 6) is 0. The normalized spacial score (nSPS) is 14.6. The molecule has 0 amide bonds. The average molecular weight is 251 g/mol. The molecule has 0 aliphatic rings. The zero-order chi connectivity index (χ0) is 14.0. The summed E-state index contributed by atoms with van der Waals surface area (Å²) in [6.07, 6.45) is 8.62. The Morgan fingerprint density at radius 3 is 2.11 bits per heavy atom. The molecule has 0 fully saturated rings. The number of nitrogens with one attached hydrogen (secondary N) is 1. The van der Waals surface area contributed by atoms with Crippen molar-refractivity contribution in [2.75, 3.05) is 6.61 Å². The van der Waals surface area contributed by atoms with Crippen LogP contribution in [-0.4, -0.2) is 18.7 Å². The fourth-order valence-electron chi connectivity index (χ4n) is 2.49. The van der Waals surface area contributed by atoms with Crippen molar-refractivity contribution in [2.24, 2.45) is 5.41 Å². The molecule has 0 heterocycles. The van der Waals surface area contributed by atoms with Crippen LogP contribution in [0.1, 0.15) is 40.0 Å². The summed E-state index contributed by atoms with van der Waals surface area (Å²) in [7, 11) is 0. The molecule has 2 unspecified atom stereocenters. The molecule has 0 rings (SSSR count). The van der Waals surface area contributed by atoms with Crippen LogP contribution in [0.2, 0.25) is 0 Å². The van der Waals surface area contributed by atoms with Crippen molar-refractivity contribution >= 4 is 0 Å². The van der Waals surface area contributed by atoms with Gasteiger partial charge in [-0.1, -0.05) is 25.7 Å². The van der Waals surface area contributed by atoms with E-state index in [2.05, 4.69) is 45.8 Å². The van der Waals surface area contributed by atoms with E-state index in [9.17, 15) is 0 Å². The predicted molar refractivity (Wildman–Crippen MR) is 80.6 cm³/mol. The van der Waals surface area contributed by atoms with Crippen LogP contribution in [0.25, 0.3) is 0 Å². The third-order valence-corrected chi connectivity index (χ3v) is 3.11.